The highest BCUT2D eigenvalue weighted by atomic mass is 16.1. The summed E-state index contributed by atoms with van der Waals surface area (Å²) in [5.74, 6) is 1.44. The van der Waals surface area contributed by atoms with Gasteiger partial charge in [0.05, 0.1) is 0 Å². The van der Waals surface area contributed by atoms with Crippen molar-refractivity contribution in [2.75, 3.05) is 0 Å². The minimum Gasteiger partial charge on any atom is -0.300 e. The summed E-state index contributed by atoms with van der Waals surface area (Å²) < 4.78 is 0. The van der Waals surface area contributed by atoms with E-state index in [-0.39, 0.29) is 5.92 Å². The Morgan fingerprint density at radius 1 is 1.00 bits per heavy atom. The summed E-state index contributed by atoms with van der Waals surface area (Å²) in [6.45, 7) is 8.25. The van der Waals surface area contributed by atoms with Crippen molar-refractivity contribution in [3.63, 3.8) is 0 Å². The number of carbonyl (C=O) groups is 1. The van der Waals surface area contributed by atoms with Crippen molar-refractivity contribution in [1.29, 1.82) is 0 Å². The van der Waals surface area contributed by atoms with E-state index in [9.17, 15) is 4.79 Å². The average molecular weight is 184 g/mol. The number of hydrogen-bond acceptors (Lipinski definition) is 1. The second kappa shape index (κ2) is 7.11. The molecule has 0 radical (unpaired) electrons. The SMILES string of the molecule is CC(=O)C(C)CCCCCC(C)C. The minimum atomic E-state index is 0.277. The van der Waals surface area contributed by atoms with Crippen LogP contribution in [0.15, 0.2) is 0 Å². The van der Waals surface area contributed by atoms with Gasteiger partial charge in [0.2, 0.25) is 0 Å². The molecule has 1 atom stereocenters. The fraction of sp³-hybridized carbons (Fsp3) is 0.917. The van der Waals surface area contributed by atoms with Crippen LogP contribution in [0.4, 0.5) is 0 Å². The molecule has 0 aliphatic heterocycles. The maximum Gasteiger partial charge on any atom is 0.132 e. The number of ketones is 1. The molecule has 0 N–H and O–H groups in total. The van der Waals surface area contributed by atoms with E-state index in [0.29, 0.717) is 5.78 Å². The maximum atomic E-state index is 10.9. The van der Waals surface area contributed by atoms with E-state index >= 15 is 0 Å². The third-order valence-electron chi connectivity index (χ3n) is 2.61. The van der Waals surface area contributed by atoms with Crippen LogP contribution in [0, 0.1) is 11.8 Å². The van der Waals surface area contributed by atoms with Crippen molar-refractivity contribution in [2.45, 2.75) is 59.8 Å². The van der Waals surface area contributed by atoms with Crippen LogP contribution in [0.25, 0.3) is 0 Å². The van der Waals surface area contributed by atoms with Gasteiger partial charge in [-0.2, -0.15) is 0 Å². The summed E-state index contributed by atoms with van der Waals surface area (Å²) >= 11 is 0. The Balaban J connectivity index is 3.21. The van der Waals surface area contributed by atoms with Gasteiger partial charge in [0.25, 0.3) is 0 Å². The highest BCUT2D eigenvalue weighted by molar-refractivity contribution is 5.77. The predicted molar refractivity (Wildman–Crippen MR) is 57.8 cm³/mol. The Morgan fingerprint density at radius 2 is 1.54 bits per heavy atom. The molecule has 0 bridgehead atoms. The smallest absolute Gasteiger partial charge is 0.132 e. The Bertz CT molecular complexity index is 138. The molecule has 78 valence electrons. The molecule has 0 aliphatic rings. The monoisotopic (exact) mass is 184 g/mol. The largest absolute Gasteiger partial charge is 0.300 e. The van der Waals surface area contributed by atoms with Crippen molar-refractivity contribution in [2.24, 2.45) is 11.8 Å². The van der Waals surface area contributed by atoms with Gasteiger partial charge in [0.1, 0.15) is 5.78 Å². The standard InChI is InChI=1S/C12H24O/c1-10(2)8-6-5-7-9-11(3)12(4)13/h10-11H,5-9H2,1-4H3. The van der Waals surface area contributed by atoms with E-state index in [1.54, 1.807) is 6.92 Å². The van der Waals surface area contributed by atoms with E-state index in [4.69, 9.17) is 0 Å². The third-order valence-corrected chi connectivity index (χ3v) is 2.61. The fourth-order valence-corrected chi connectivity index (χ4v) is 1.38. The second-order valence-electron chi connectivity index (χ2n) is 4.54. The Hall–Kier alpha value is -0.330. The van der Waals surface area contributed by atoms with Crippen LogP contribution in [0.2, 0.25) is 0 Å². The summed E-state index contributed by atoms with van der Waals surface area (Å²) in [6, 6.07) is 0. The van der Waals surface area contributed by atoms with Crippen molar-refractivity contribution in [3.05, 3.63) is 0 Å². The van der Waals surface area contributed by atoms with Crippen LogP contribution in [0.3, 0.4) is 0 Å². The first-order chi connectivity index (χ1) is 6.04. The quantitative estimate of drug-likeness (QED) is 0.550. The fourth-order valence-electron chi connectivity index (χ4n) is 1.38. The molecule has 0 saturated carbocycles. The van der Waals surface area contributed by atoms with E-state index in [0.717, 1.165) is 12.3 Å². The second-order valence-corrected chi connectivity index (χ2v) is 4.54. The third kappa shape index (κ3) is 8.01. The molecule has 0 rings (SSSR count). The molecule has 13 heavy (non-hydrogen) atoms. The Labute approximate surface area is 82.9 Å². The highest BCUT2D eigenvalue weighted by Gasteiger charge is 2.06. The van der Waals surface area contributed by atoms with Crippen LogP contribution < -0.4 is 0 Å². The molecule has 0 heterocycles. The number of rotatable bonds is 7. The first-order valence-electron chi connectivity index (χ1n) is 5.54. The molecule has 0 amide bonds. The Morgan fingerprint density at radius 3 is 2.00 bits per heavy atom. The van der Waals surface area contributed by atoms with Crippen molar-refractivity contribution in [1.82, 2.24) is 0 Å². The average Bonchev–Trinajstić information content (AvgIpc) is 2.02. The van der Waals surface area contributed by atoms with Crippen LogP contribution in [-0.2, 0) is 4.79 Å². The molecular formula is C12H24O. The van der Waals surface area contributed by atoms with Gasteiger partial charge in [0.15, 0.2) is 0 Å². The Kier molecular flexibility index (Phi) is 6.93. The molecular weight excluding hydrogens is 160 g/mol. The number of hydrogen-bond donors (Lipinski definition) is 0. The normalized spacial score (nSPS) is 13.3. The molecule has 0 aromatic rings. The first kappa shape index (κ1) is 12.7. The highest BCUT2D eigenvalue weighted by Crippen LogP contribution is 2.13. The summed E-state index contributed by atoms with van der Waals surface area (Å²) in [4.78, 5) is 10.9. The van der Waals surface area contributed by atoms with Crippen LogP contribution in [0.1, 0.15) is 59.8 Å². The molecule has 1 unspecified atom stereocenters. The lowest BCUT2D eigenvalue weighted by atomic mass is 9.98. The lowest BCUT2D eigenvalue weighted by molar-refractivity contribution is -0.120. The van der Waals surface area contributed by atoms with Gasteiger partial charge < -0.3 is 0 Å². The van der Waals surface area contributed by atoms with E-state index in [1.165, 1.54) is 25.7 Å². The number of carbonyl (C=O) groups excluding carboxylic acids is 1. The lowest BCUT2D eigenvalue weighted by Gasteiger charge is -2.07. The molecule has 1 nitrogen and oxygen atoms in total. The van der Waals surface area contributed by atoms with Gasteiger partial charge in [-0.1, -0.05) is 46.5 Å². The van der Waals surface area contributed by atoms with Gasteiger partial charge in [0, 0.05) is 5.92 Å². The van der Waals surface area contributed by atoms with E-state index in [2.05, 4.69) is 13.8 Å². The summed E-state index contributed by atoms with van der Waals surface area (Å²) in [5.41, 5.74) is 0. The molecule has 0 fully saturated rings. The van der Waals surface area contributed by atoms with Gasteiger partial charge in [-0.25, -0.2) is 0 Å². The van der Waals surface area contributed by atoms with Gasteiger partial charge >= 0.3 is 0 Å². The van der Waals surface area contributed by atoms with Gasteiger partial charge in [-0.05, 0) is 19.3 Å². The van der Waals surface area contributed by atoms with Crippen LogP contribution in [0.5, 0.6) is 0 Å². The summed E-state index contributed by atoms with van der Waals surface area (Å²) in [6.07, 6.45) is 6.23. The van der Waals surface area contributed by atoms with Crippen molar-refractivity contribution >= 4 is 5.78 Å². The molecule has 1 heteroatoms. The zero-order chi connectivity index (χ0) is 10.3. The van der Waals surface area contributed by atoms with Crippen LogP contribution in [-0.4, -0.2) is 5.78 Å². The minimum absolute atomic E-state index is 0.277. The van der Waals surface area contributed by atoms with Gasteiger partial charge in [-0.3, -0.25) is 4.79 Å². The van der Waals surface area contributed by atoms with E-state index < -0.39 is 0 Å². The van der Waals surface area contributed by atoms with Crippen molar-refractivity contribution < 1.29 is 4.79 Å². The predicted octanol–water partition coefficient (Wildman–Crippen LogP) is 3.82. The zero-order valence-corrected chi connectivity index (χ0v) is 9.60. The zero-order valence-electron chi connectivity index (χ0n) is 9.60. The maximum absolute atomic E-state index is 10.9. The number of Topliss-reactive ketones (excluding diaryl/α,β-unsaturated/α-hetero) is 1. The molecule has 0 spiro atoms. The lowest BCUT2D eigenvalue weighted by Crippen LogP contribution is -2.05. The van der Waals surface area contributed by atoms with Gasteiger partial charge in [-0.15, -0.1) is 0 Å². The topological polar surface area (TPSA) is 17.1 Å². The first-order valence-corrected chi connectivity index (χ1v) is 5.54. The number of unbranched alkanes of at least 4 members (excludes halogenated alkanes) is 2. The van der Waals surface area contributed by atoms with Crippen molar-refractivity contribution in [3.8, 4) is 0 Å². The van der Waals surface area contributed by atoms with E-state index in [1.807, 2.05) is 6.92 Å². The summed E-state index contributed by atoms with van der Waals surface area (Å²) in [5, 5.41) is 0. The van der Waals surface area contributed by atoms with Crippen LogP contribution >= 0.6 is 0 Å². The molecule has 0 aromatic heterocycles. The molecule has 0 aliphatic carbocycles. The molecule has 0 aromatic carbocycles. The summed E-state index contributed by atoms with van der Waals surface area (Å²) in [7, 11) is 0. The molecule has 0 saturated heterocycles.